The van der Waals surface area contributed by atoms with Crippen molar-refractivity contribution in [1.29, 1.82) is 0 Å². The Balaban J connectivity index is 1.46. The highest BCUT2D eigenvalue weighted by Gasteiger charge is 2.43. The topological polar surface area (TPSA) is 43.9 Å². The summed E-state index contributed by atoms with van der Waals surface area (Å²) in [6.07, 6.45) is 0. The molecule has 2 amide bonds. The van der Waals surface area contributed by atoms with Crippen molar-refractivity contribution in [2.45, 2.75) is 6.92 Å². The first-order chi connectivity index (χ1) is 15.5. The summed E-state index contributed by atoms with van der Waals surface area (Å²) >= 11 is 1.42. The monoisotopic (exact) mass is 447 g/mol. The largest absolute Gasteiger partial charge is 0.368 e. The van der Waals surface area contributed by atoms with Crippen molar-refractivity contribution < 1.29 is 14.0 Å². The zero-order valence-corrected chi connectivity index (χ0v) is 18.4. The van der Waals surface area contributed by atoms with Gasteiger partial charge in [-0.25, -0.2) is 9.29 Å². The lowest BCUT2D eigenvalue weighted by molar-refractivity contribution is -0.120. The van der Waals surface area contributed by atoms with Crippen molar-refractivity contribution in [3.63, 3.8) is 0 Å². The van der Waals surface area contributed by atoms with Crippen LogP contribution in [0.1, 0.15) is 10.4 Å². The van der Waals surface area contributed by atoms with Crippen LogP contribution in [0.15, 0.2) is 71.7 Å². The van der Waals surface area contributed by atoms with Crippen molar-refractivity contribution in [2.24, 2.45) is 0 Å². The van der Waals surface area contributed by atoms with E-state index in [-0.39, 0.29) is 5.69 Å². The number of amides is 2. The number of rotatable bonds is 4. The van der Waals surface area contributed by atoms with E-state index < -0.39 is 17.6 Å². The lowest BCUT2D eigenvalue weighted by Gasteiger charge is -2.37. The van der Waals surface area contributed by atoms with Crippen molar-refractivity contribution in [3.05, 3.63) is 88.0 Å². The fourth-order valence-corrected chi connectivity index (χ4v) is 5.08. The molecule has 0 radical (unpaired) electrons. The summed E-state index contributed by atoms with van der Waals surface area (Å²) in [5.41, 5.74) is 3.42. The third kappa shape index (κ3) is 3.58. The molecule has 0 N–H and O–H groups in total. The molecule has 0 spiro atoms. The predicted octanol–water partition coefficient (Wildman–Crippen LogP) is 4.30. The summed E-state index contributed by atoms with van der Waals surface area (Å²) in [6.45, 7) is 4.79. The second-order valence-electron chi connectivity index (χ2n) is 7.94. The van der Waals surface area contributed by atoms with Gasteiger partial charge in [-0.1, -0.05) is 24.3 Å². The molecular formula is C25H22FN3O2S. The van der Waals surface area contributed by atoms with Gasteiger partial charge in [-0.2, -0.15) is 0 Å². The zero-order valence-electron chi connectivity index (χ0n) is 17.6. The smallest absolute Gasteiger partial charge is 0.282 e. The molecular weight excluding hydrogens is 425 g/mol. The second-order valence-corrected chi connectivity index (χ2v) is 8.89. The minimum Gasteiger partial charge on any atom is -0.368 e. The van der Waals surface area contributed by atoms with Crippen LogP contribution in [-0.4, -0.2) is 42.9 Å². The molecule has 2 aliphatic rings. The highest BCUT2D eigenvalue weighted by atomic mass is 32.1. The minimum absolute atomic E-state index is 0.252. The number of benzene rings is 2. The number of hydrogen-bond acceptors (Lipinski definition) is 5. The molecule has 162 valence electrons. The van der Waals surface area contributed by atoms with Crippen LogP contribution < -0.4 is 9.80 Å². The van der Waals surface area contributed by atoms with Crippen molar-refractivity contribution in [2.75, 3.05) is 36.0 Å². The Morgan fingerprint density at radius 1 is 0.812 bits per heavy atom. The summed E-state index contributed by atoms with van der Waals surface area (Å²) in [7, 11) is 0. The van der Waals surface area contributed by atoms with Gasteiger partial charge in [0, 0.05) is 36.7 Å². The molecule has 5 nitrogen and oxygen atoms in total. The molecule has 3 heterocycles. The Labute approximate surface area is 190 Å². The number of carbonyl (C=O) groups excluding carboxylic acids is 2. The number of hydrogen-bond donors (Lipinski definition) is 0. The summed E-state index contributed by atoms with van der Waals surface area (Å²) in [5, 5.41) is 1.89. The molecule has 2 aliphatic heterocycles. The number of piperazine rings is 1. The van der Waals surface area contributed by atoms with Gasteiger partial charge in [0.25, 0.3) is 11.8 Å². The number of nitrogens with zero attached hydrogens (tertiary/aromatic N) is 3. The number of halogens is 1. The quantitative estimate of drug-likeness (QED) is 0.560. The van der Waals surface area contributed by atoms with E-state index >= 15 is 0 Å². The van der Waals surface area contributed by atoms with Gasteiger partial charge in [0.2, 0.25) is 0 Å². The van der Waals surface area contributed by atoms with Crippen LogP contribution >= 0.6 is 11.3 Å². The van der Waals surface area contributed by atoms with Gasteiger partial charge in [0.15, 0.2) is 0 Å². The number of thiophene rings is 1. The van der Waals surface area contributed by atoms with E-state index in [0.717, 1.165) is 28.6 Å². The Hall–Kier alpha value is -3.45. The fraction of sp³-hybridized carbons (Fsp3) is 0.200. The molecule has 1 fully saturated rings. The van der Waals surface area contributed by atoms with Gasteiger partial charge in [0.05, 0.1) is 11.3 Å². The minimum atomic E-state index is -0.485. The first kappa shape index (κ1) is 20.5. The first-order valence-corrected chi connectivity index (χ1v) is 11.4. The molecule has 0 bridgehead atoms. The average Bonchev–Trinajstić information content (AvgIpc) is 3.40. The zero-order chi connectivity index (χ0) is 22.2. The number of imide groups is 1. The van der Waals surface area contributed by atoms with Crippen LogP contribution in [0.3, 0.4) is 0 Å². The maximum absolute atomic E-state index is 13.9. The Kier molecular flexibility index (Phi) is 5.27. The van der Waals surface area contributed by atoms with Crippen LogP contribution in [0.2, 0.25) is 0 Å². The standard InChI is InChI=1S/C25H22FN3O2S/c1-17-5-2-7-19(15-17)27-10-12-28(13-11-27)23-22(21-9-4-14-32-21)24(30)29(25(23)31)20-8-3-6-18(26)16-20/h2-9,14-16H,10-13H2,1H3. The molecule has 0 saturated carbocycles. The molecule has 0 atom stereocenters. The van der Waals surface area contributed by atoms with E-state index in [1.54, 1.807) is 6.07 Å². The summed E-state index contributed by atoms with van der Waals surface area (Å²) in [6, 6.07) is 17.7. The van der Waals surface area contributed by atoms with E-state index in [1.165, 1.54) is 35.1 Å². The van der Waals surface area contributed by atoms with Crippen LogP contribution in [-0.2, 0) is 9.59 Å². The van der Waals surface area contributed by atoms with E-state index in [1.807, 2.05) is 28.5 Å². The lowest BCUT2D eigenvalue weighted by atomic mass is 10.1. The van der Waals surface area contributed by atoms with Gasteiger partial charge in [-0.05, 0) is 54.3 Å². The highest BCUT2D eigenvalue weighted by Crippen LogP contribution is 2.37. The molecule has 0 unspecified atom stereocenters. The Morgan fingerprint density at radius 3 is 2.22 bits per heavy atom. The SMILES string of the molecule is Cc1cccc(N2CCN(C3=C(c4cccs4)C(=O)N(c4cccc(F)c4)C3=O)CC2)c1. The van der Waals surface area contributed by atoms with Crippen LogP contribution in [0.4, 0.5) is 15.8 Å². The van der Waals surface area contributed by atoms with E-state index in [9.17, 15) is 14.0 Å². The summed E-state index contributed by atoms with van der Waals surface area (Å²) in [4.78, 5) is 33.0. The predicted molar refractivity (Wildman–Crippen MR) is 125 cm³/mol. The Bertz CT molecular complexity index is 1210. The maximum Gasteiger partial charge on any atom is 0.282 e. The van der Waals surface area contributed by atoms with Crippen molar-refractivity contribution >= 4 is 40.1 Å². The van der Waals surface area contributed by atoms with Gasteiger partial charge in [0.1, 0.15) is 11.5 Å². The van der Waals surface area contributed by atoms with Crippen molar-refractivity contribution in [3.8, 4) is 0 Å². The van der Waals surface area contributed by atoms with Crippen molar-refractivity contribution in [1.82, 2.24) is 4.90 Å². The van der Waals surface area contributed by atoms with Crippen LogP contribution in [0.25, 0.3) is 5.57 Å². The molecule has 3 aromatic rings. The molecule has 0 aliphatic carbocycles. The molecule has 1 saturated heterocycles. The third-order valence-electron chi connectivity index (χ3n) is 5.86. The Morgan fingerprint density at radius 2 is 1.53 bits per heavy atom. The lowest BCUT2D eigenvalue weighted by Crippen LogP contribution is -2.47. The summed E-state index contributed by atoms with van der Waals surface area (Å²) in [5.74, 6) is -1.28. The third-order valence-corrected chi connectivity index (χ3v) is 6.74. The normalized spacial score (nSPS) is 17.0. The van der Waals surface area contributed by atoms with Gasteiger partial charge in [-0.15, -0.1) is 11.3 Å². The number of aryl methyl sites for hydroxylation is 1. The van der Waals surface area contributed by atoms with Gasteiger partial charge < -0.3 is 9.80 Å². The van der Waals surface area contributed by atoms with Crippen LogP contribution in [0, 0.1) is 12.7 Å². The van der Waals surface area contributed by atoms with Gasteiger partial charge >= 0.3 is 0 Å². The molecule has 1 aromatic heterocycles. The first-order valence-electron chi connectivity index (χ1n) is 10.5. The molecule has 5 rings (SSSR count). The fourth-order valence-electron chi connectivity index (χ4n) is 4.32. The van der Waals surface area contributed by atoms with E-state index in [0.29, 0.717) is 24.4 Å². The number of carbonyl (C=O) groups is 2. The van der Waals surface area contributed by atoms with Gasteiger partial charge in [-0.3, -0.25) is 9.59 Å². The molecule has 2 aromatic carbocycles. The maximum atomic E-state index is 13.9. The number of anilines is 2. The highest BCUT2D eigenvalue weighted by molar-refractivity contribution is 7.11. The molecule has 7 heteroatoms. The second kappa shape index (κ2) is 8.24. The average molecular weight is 448 g/mol. The van der Waals surface area contributed by atoms with E-state index in [2.05, 4.69) is 30.0 Å². The van der Waals surface area contributed by atoms with E-state index in [4.69, 9.17) is 0 Å². The molecule has 32 heavy (non-hydrogen) atoms. The summed E-state index contributed by atoms with van der Waals surface area (Å²) < 4.78 is 13.9. The van der Waals surface area contributed by atoms with Crippen LogP contribution in [0.5, 0.6) is 0 Å².